The van der Waals surface area contributed by atoms with Gasteiger partial charge in [0.1, 0.15) is 18.1 Å². The van der Waals surface area contributed by atoms with Gasteiger partial charge in [0.05, 0.1) is 18.8 Å². The number of hydrogen-bond donors (Lipinski definition) is 1. The number of aryl methyl sites for hydroxylation is 1. The van der Waals surface area contributed by atoms with E-state index in [0.29, 0.717) is 6.42 Å². The molecule has 164 valence electrons. The summed E-state index contributed by atoms with van der Waals surface area (Å²) < 4.78 is 46.0. The Labute approximate surface area is 177 Å². The van der Waals surface area contributed by atoms with Gasteiger partial charge in [0.25, 0.3) is 0 Å². The van der Waals surface area contributed by atoms with Gasteiger partial charge in [-0.3, -0.25) is 4.79 Å². The van der Waals surface area contributed by atoms with Crippen LogP contribution in [-0.4, -0.2) is 46.4 Å². The van der Waals surface area contributed by atoms with Crippen LogP contribution in [0.1, 0.15) is 30.5 Å². The molecule has 9 heteroatoms. The first-order valence-corrected chi connectivity index (χ1v) is 10.9. The van der Waals surface area contributed by atoms with Crippen molar-refractivity contribution in [2.75, 3.05) is 32.1 Å². The second kappa shape index (κ2) is 9.90. The highest BCUT2D eigenvalue weighted by atomic mass is 32.2. The van der Waals surface area contributed by atoms with E-state index in [4.69, 9.17) is 4.74 Å². The number of hydrogen-bond acceptors (Lipinski definition) is 4. The van der Waals surface area contributed by atoms with Gasteiger partial charge in [-0.1, -0.05) is 19.1 Å². The van der Waals surface area contributed by atoms with E-state index in [9.17, 15) is 17.6 Å². The van der Waals surface area contributed by atoms with Crippen LogP contribution in [0, 0.1) is 12.7 Å². The first-order chi connectivity index (χ1) is 14.1. The fraction of sp³-hybridized carbons (Fsp3) is 0.381. The van der Waals surface area contributed by atoms with Crippen molar-refractivity contribution in [1.29, 1.82) is 0 Å². The Hall–Kier alpha value is -2.65. The first kappa shape index (κ1) is 23.6. The van der Waals surface area contributed by atoms with Gasteiger partial charge < -0.3 is 10.1 Å². The summed E-state index contributed by atoms with van der Waals surface area (Å²) in [6.07, 6.45) is 0.620. The summed E-state index contributed by atoms with van der Waals surface area (Å²) in [7, 11) is 0.385. The molecule has 2 rings (SSSR count). The van der Waals surface area contributed by atoms with Crippen LogP contribution in [0.4, 0.5) is 10.1 Å². The monoisotopic (exact) mass is 437 g/mol. The predicted molar refractivity (Wildman–Crippen MR) is 115 cm³/mol. The molecule has 1 amide bonds. The van der Waals surface area contributed by atoms with Gasteiger partial charge in [-0.25, -0.2) is 8.70 Å². The number of halogens is 1. The summed E-state index contributed by atoms with van der Waals surface area (Å²) in [5, 5.41) is 2.89. The van der Waals surface area contributed by atoms with E-state index in [1.54, 1.807) is 7.11 Å². The van der Waals surface area contributed by atoms with Crippen molar-refractivity contribution in [3.63, 3.8) is 0 Å². The van der Waals surface area contributed by atoms with E-state index in [1.807, 2.05) is 32.0 Å². The summed E-state index contributed by atoms with van der Waals surface area (Å²) >= 11 is 0. The largest absolute Gasteiger partial charge is 0.496 e. The van der Waals surface area contributed by atoms with Crippen LogP contribution < -0.4 is 14.4 Å². The Morgan fingerprint density at radius 1 is 1.17 bits per heavy atom. The van der Waals surface area contributed by atoms with E-state index in [0.717, 1.165) is 37.6 Å². The fourth-order valence-corrected chi connectivity index (χ4v) is 4.08. The number of amides is 1. The first-order valence-electron chi connectivity index (χ1n) is 9.49. The Kier molecular flexibility index (Phi) is 7.80. The van der Waals surface area contributed by atoms with Crippen molar-refractivity contribution < 1.29 is 22.3 Å². The van der Waals surface area contributed by atoms with Crippen LogP contribution in [0.15, 0.2) is 42.5 Å². The molecular weight excluding hydrogens is 409 g/mol. The highest BCUT2D eigenvalue weighted by Crippen LogP contribution is 2.25. The zero-order valence-corrected chi connectivity index (χ0v) is 18.7. The third-order valence-electron chi connectivity index (χ3n) is 4.71. The molecule has 30 heavy (non-hydrogen) atoms. The predicted octanol–water partition coefficient (Wildman–Crippen LogP) is 3.02. The summed E-state index contributed by atoms with van der Waals surface area (Å²) in [4.78, 5) is 12.8. The smallest absolute Gasteiger partial charge is 0.304 e. The molecule has 0 spiro atoms. The minimum absolute atomic E-state index is 0.202. The number of benzene rings is 2. The molecule has 7 nitrogen and oxygen atoms in total. The molecule has 0 saturated carbocycles. The number of carbonyl (C=O) groups is 1. The van der Waals surface area contributed by atoms with Crippen molar-refractivity contribution in [3.8, 4) is 5.75 Å². The van der Waals surface area contributed by atoms with Crippen molar-refractivity contribution in [1.82, 2.24) is 9.62 Å². The van der Waals surface area contributed by atoms with Crippen molar-refractivity contribution in [2.24, 2.45) is 0 Å². The van der Waals surface area contributed by atoms with Crippen LogP contribution in [0.2, 0.25) is 0 Å². The molecule has 0 aliphatic carbocycles. The third-order valence-corrected chi connectivity index (χ3v) is 6.53. The highest BCUT2D eigenvalue weighted by molar-refractivity contribution is 7.90. The fourth-order valence-electron chi connectivity index (χ4n) is 3.02. The number of carbonyl (C=O) groups excluding carboxylic acids is 1. The van der Waals surface area contributed by atoms with Gasteiger partial charge >= 0.3 is 10.2 Å². The molecule has 0 aliphatic rings. The Balaban J connectivity index is 2.26. The molecule has 0 unspecified atom stereocenters. The second-order valence-electron chi connectivity index (χ2n) is 7.03. The molecule has 2 aromatic carbocycles. The highest BCUT2D eigenvalue weighted by Gasteiger charge is 2.28. The molecule has 0 radical (unpaired) electrons. The maximum Gasteiger partial charge on any atom is 0.304 e. The van der Waals surface area contributed by atoms with Gasteiger partial charge in [0.2, 0.25) is 5.91 Å². The van der Waals surface area contributed by atoms with Crippen LogP contribution in [-0.2, 0) is 15.0 Å². The van der Waals surface area contributed by atoms with E-state index in [1.165, 1.54) is 26.2 Å². The van der Waals surface area contributed by atoms with Crippen molar-refractivity contribution >= 4 is 21.8 Å². The lowest BCUT2D eigenvalue weighted by Crippen LogP contribution is -2.46. The number of nitrogens with one attached hydrogen (secondary N) is 1. The summed E-state index contributed by atoms with van der Waals surface area (Å²) in [5.74, 6) is -0.212. The maximum absolute atomic E-state index is 13.3. The SMILES string of the molecule is CC[C@@H](NC(=O)CN(c1ccc(F)cc1)S(=O)(=O)N(C)C)c1ccc(OC)c(C)c1. The van der Waals surface area contributed by atoms with Crippen molar-refractivity contribution in [2.45, 2.75) is 26.3 Å². The maximum atomic E-state index is 13.3. The van der Waals surface area contributed by atoms with Gasteiger partial charge in [-0.05, 0) is 54.8 Å². The zero-order valence-electron chi connectivity index (χ0n) is 17.8. The number of anilines is 1. The van der Waals surface area contributed by atoms with E-state index in [-0.39, 0.29) is 11.7 Å². The van der Waals surface area contributed by atoms with Gasteiger partial charge in [0.15, 0.2) is 0 Å². The lowest BCUT2D eigenvalue weighted by Gasteiger charge is -2.28. The van der Waals surface area contributed by atoms with E-state index >= 15 is 0 Å². The van der Waals surface area contributed by atoms with Crippen LogP contribution in [0.5, 0.6) is 5.75 Å². The summed E-state index contributed by atoms with van der Waals surface area (Å²) in [6, 6.07) is 10.3. The van der Waals surface area contributed by atoms with Crippen molar-refractivity contribution in [3.05, 3.63) is 59.4 Å². The molecule has 0 heterocycles. The zero-order chi connectivity index (χ0) is 22.5. The molecule has 0 aromatic heterocycles. The second-order valence-corrected chi connectivity index (χ2v) is 9.10. The van der Waals surface area contributed by atoms with Crippen LogP contribution in [0.25, 0.3) is 0 Å². The van der Waals surface area contributed by atoms with Gasteiger partial charge in [-0.15, -0.1) is 0 Å². The lowest BCUT2D eigenvalue weighted by atomic mass is 10.0. The standard InChI is InChI=1S/C21H28FN3O4S/c1-6-19(16-7-12-20(29-5)15(2)13-16)23-21(26)14-25(30(27,28)24(3)4)18-10-8-17(22)9-11-18/h7-13,19H,6,14H2,1-5H3,(H,23,26)/t19-/m1/s1. The lowest BCUT2D eigenvalue weighted by molar-refractivity contribution is -0.120. The van der Waals surface area contributed by atoms with E-state index in [2.05, 4.69) is 5.32 Å². The summed E-state index contributed by atoms with van der Waals surface area (Å²) in [5.41, 5.74) is 2.03. The quantitative estimate of drug-likeness (QED) is 0.654. The Bertz CT molecular complexity index is 978. The van der Waals surface area contributed by atoms with Crippen LogP contribution in [0.3, 0.4) is 0 Å². The number of rotatable bonds is 9. The average molecular weight is 438 g/mol. The molecule has 0 fully saturated rings. The minimum atomic E-state index is -3.96. The Morgan fingerprint density at radius 3 is 2.30 bits per heavy atom. The Morgan fingerprint density at radius 2 is 1.80 bits per heavy atom. The summed E-state index contributed by atoms with van der Waals surface area (Å²) in [6.45, 7) is 3.41. The molecule has 0 bridgehead atoms. The minimum Gasteiger partial charge on any atom is -0.496 e. The molecule has 0 saturated heterocycles. The topological polar surface area (TPSA) is 79.0 Å². The average Bonchev–Trinajstić information content (AvgIpc) is 2.70. The third kappa shape index (κ3) is 5.48. The normalized spacial score (nSPS) is 12.5. The van der Waals surface area contributed by atoms with Crippen LogP contribution >= 0.6 is 0 Å². The molecule has 0 aliphatic heterocycles. The number of nitrogens with zero attached hydrogens (tertiary/aromatic N) is 2. The number of ether oxygens (including phenoxy) is 1. The molecule has 1 atom stereocenters. The number of methoxy groups -OCH3 is 1. The van der Waals surface area contributed by atoms with E-state index < -0.39 is 28.5 Å². The molecule has 1 N–H and O–H groups in total. The van der Waals surface area contributed by atoms with Gasteiger partial charge in [-0.2, -0.15) is 12.7 Å². The van der Waals surface area contributed by atoms with Gasteiger partial charge in [0, 0.05) is 14.1 Å². The molecule has 2 aromatic rings. The molecular formula is C21H28FN3O4S.